The Morgan fingerprint density at radius 3 is 2.59 bits per heavy atom. The molecule has 94 valence electrons. The summed E-state index contributed by atoms with van der Waals surface area (Å²) in [5.74, 6) is 0. The normalized spacial score (nSPS) is 23.9. The second-order valence-corrected chi connectivity index (χ2v) is 5.04. The van der Waals surface area contributed by atoms with Crippen molar-refractivity contribution in [2.24, 2.45) is 5.73 Å². The quantitative estimate of drug-likeness (QED) is 0.863. The van der Waals surface area contributed by atoms with Crippen LogP contribution in [0.2, 0.25) is 0 Å². The van der Waals surface area contributed by atoms with Gasteiger partial charge in [0.25, 0.3) is 0 Å². The van der Waals surface area contributed by atoms with Crippen molar-refractivity contribution in [1.29, 1.82) is 0 Å². The third-order valence-corrected chi connectivity index (χ3v) is 3.47. The van der Waals surface area contributed by atoms with E-state index in [0.29, 0.717) is 6.61 Å². The molecule has 3 heteroatoms. The van der Waals surface area contributed by atoms with Gasteiger partial charge in [0.1, 0.15) is 0 Å². The minimum atomic E-state index is -0.182. The van der Waals surface area contributed by atoms with E-state index in [4.69, 9.17) is 10.5 Å². The van der Waals surface area contributed by atoms with Gasteiger partial charge >= 0.3 is 0 Å². The molecule has 1 fully saturated rings. The first-order valence-corrected chi connectivity index (χ1v) is 6.30. The van der Waals surface area contributed by atoms with E-state index in [9.17, 15) is 0 Å². The maximum Gasteiger partial charge on any atom is 0.0664 e. The van der Waals surface area contributed by atoms with E-state index >= 15 is 0 Å². The highest BCUT2D eigenvalue weighted by molar-refractivity contribution is 5.47. The van der Waals surface area contributed by atoms with E-state index in [1.165, 1.54) is 11.3 Å². The van der Waals surface area contributed by atoms with Gasteiger partial charge < -0.3 is 15.4 Å². The summed E-state index contributed by atoms with van der Waals surface area (Å²) >= 11 is 0. The number of anilines is 1. The van der Waals surface area contributed by atoms with Crippen molar-refractivity contribution in [2.45, 2.75) is 25.3 Å². The molecule has 0 bridgehead atoms. The summed E-state index contributed by atoms with van der Waals surface area (Å²) in [7, 11) is 2.09. The van der Waals surface area contributed by atoms with Gasteiger partial charge in [-0.05, 0) is 30.5 Å². The summed E-state index contributed by atoms with van der Waals surface area (Å²) in [4.78, 5) is 2.22. The largest absolute Gasteiger partial charge is 0.379 e. The van der Waals surface area contributed by atoms with E-state index in [-0.39, 0.29) is 5.54 Å². The fourth-order valence-electron chi connectivity index (χ4n) is 2.30. The maximum atomic E-state index is 6.29. The van der Waals surface area contributed by atoms with Gasteiger partial charge in [0, 0.05) is 25.9 Å². The Morgan fingerprint density at radius 1 is 1.35 bits per heavy atom. The Bertz CT molecular complexity index is 355. The zero-order valence-electron chi connectivity index (χ0n) is 10.8. The van der Waals surface area contributed by atoms with Crippen LogP contribution in [-0.4, -0.2) is 32.3 Å². The van der Waals surface area contributed by atoms with Crippen molar-refractivity contribution < 1.29 is 4.74 Å². The van der Waals surface area contributed by atoms with Crippen LogP contribution in [0.15, 0.2) is 24.3 Å². The first kappa shape index (κ1) is 12.4. The zero-order chi connectivity index (χ0) is 12.3. The molecule has 1 aromatic rings. The van der Waals surface area contributed by atoms with Crippen LogP contribution in [0.25, 0.3) is 0 Å². The highest BCUT2D eigenvalue weighted by Gasteiger charge is 2.31. The highest BCUT2D eigenvalue weighted by atomic mass is 16.5. The average molecular weight is 234 g/mol. The van der Waals surface area contributed by atoms with Crippen LogP contribution in [0, 0.1) is 0 Å². The van der Waals surface area contributed by atoms with Gasteiger partial charge in [0.05, 0.1) is 12.1 Å². The van der Waals surface area contributed by atoms with Crippen LogP contribution in [0.5, 0.6) is 0 Å². The lowest BCUT2D eigenvalue weighted by atomic mass is 9.99. The monoisotopic (exact) mass is 234 g/mol. The number of ether oxygens (including phenoxy) is 1. The molecule has 2 rings (SSSR count). The fraction of sp³-hybridized carbons (Fsp3) is 0.571. The predicted octanol–water partition coefficient (Wildman–Crippen LogP) is 1.80. The Hall–Kier alpha value is -1.06. The van der Waals surface area contributed by atoms with Gasteiger partial charge in [-0.1, -0.05) is 19.1 Å². The number of nitrogens with zero attached hydrogens (tertiary/aromatic N) is 1. The van der Waals surface area contributed by atoms with Crippen LogP contribution in [0.1, 0.15) is 18.9 Å². The average Bonchev–Trinajstić information content (AvgIpc) is 2.76. The van der Waals surface area contributed by atoms with Crippen molar-refractivity contribution in [3.8, 4) is 0 Å². The van der Waals surface area contributed by atoms with E-state index < -0.39 is 0 Å². The summed E-state index contributed by atoms with van der Waals surface area (Å²) in [6.07, 6.45) is 2.03. The topological polar surface area (TPSA) is 38.5 Å². The molecule has 1 aliphatic heterocycles. The smallest absolute Gasteiger partial charge is 0.0664 e. The molecule has 17 heavy (non-hydrogen) atoms. The number of nitrogens with two attached hydrogens (primary N) is 1. The molecule has 0 amide bonds. The molecule has 1 atom stereocenters. The van der Waals surface area contributed by atoms with Crippen LogP contribution in [0.4, 0.5) is 5.69 Å². The molecule has 0 radical (unpaired) electrons. The van der Waals surface area contributed by atoms with Crippen molar-refractivity contribution in [3.63, 3.8) is 0 Å². The lowest BCUT2D eigenvalue weighted by Crippen LogP contribution is -2.50. The molecule has 1 aromatic carbocycles. The van der Waals surface area contributed by atoms with Crippen LogP contribution < -0.4 is 10.6 Å². The number of benzene rings is 1. The Kier molecular flexibility index (Phi) is 3.69. The molecule has 3 nitrogen and oxygen atoms in total. The molecular formula is C14H22N2O. The lowest BCUT2D eigenvalue weighted by Gasteiger charge is -2.30. The number of hydrogen-bond acceptors (Lipinski definition) is 3. The first-order valence-electron chi connectivity index (χ1n) is 6.30. The van der Waals surface area contributed by atoms with Gasteiger partial charge in [-0.2, -0.15) is 0 Å². The van der Waals surface area contributed by atoms with Crippen LogP contribution >= 0.6 is 0 Å². The number of likely N-dealkylation sites (N-methyl/N-ethyl adjacent to an activating group) is 1. The minimum Gasteiger partial charge on any atom is -0.379 e. The maximum absolute atomic E-state index is 6.29. The molecule has 0 aromatic heterocycles. The van der Waals surface area contributed by atoms with Gasteiger partial charge in [0.2, 0.25) is 0 Å². The van der Waals surface area contributed by atoms with Crippen molar-refractivity contribution in [2.75, 3.05) is 31.7 Å². The summed E-state index contributed by atoms with van der Waals surface area (Å²) in [5.41, 5.74) is 8.69. The van der Waals surface area contributed by atoms with Gasteiger partial charge in [-0.3, -0.25) is 0 Å². The van der Waals surface area contributed by atoms with Gasteiger partial charge in [-0.25, -0.2) is 0 Å². The molecule has 0 spiro atoms. The third-order valence-electron chi connectivity index (χ3n) is 3.47. The molecule has 0 saturated carbocycles. The summed E-state index contributed by atoms with van der Waals surface area (Å²) < 4.78 is 5.38. The van der Waals surface area contributed by atoms with E-state index in [1.807, 2.05) is 0 Å². The van der Waals surface area contributed by atoms with Crippen molar-refractivity contribution >= 4 is 5.69 Å². The highest BCUT2D eigenvalue weighted by Crippen LogP contribution is 2.21. The summed E-state index contributed by atoms with van der Waals surface area (Å²) in [6, 6.07) is 8.69. The molecule has 1 unspecified atom stereocenters. The molecule has 2 N–H and O–H groups in total. The van der Waals surface area contributed by atoms with E-state index in [2.05, 4.69) is 43.1 Å². The first-order chi connectivity index (χ1) is 8.13. The lowest BCUT2D eigenvalue weighted by molar-refractivity contribution is 0.179. The van der Waals surface area contributed by atoms with Gasteiger partial charge in [0.15, 0.2) is 0 Å². The molecule has 1 heterocycles. The Labute approximate surface area is 104 Å². The Balaban J connectivity index is 2.01. The van der Waals surface area contributed by atoms with Crippen molar-refractivity contribution in [1.82, 2.24) is 0 Å². The number of hydrogen-bond donors (Lipinski definition) is 1. The molecule has 1 aliphatic rings. The van der Waals surface area contributed by atoms with E-state index in [0.717, 1.165) is 26.0 Å². The second kappa shape index (κ2) is 5.07. The Morgan fingerprint density at radius 2 is 2.06 bits per heavy atom. The van der Waals surface area contributed by atoms with E-state index in [1.54, 1.807) is 0 Å². The van der Waals surface area contributed by atoms with Crippen LogP contribution in [-0.2, 0) is 11.2 Å². The summed E-state index contributed by atoms with van der Waals surface area (Å²) in [6.45, 7) is 4.48. The van der Waals surface area contributed by atoms with Crippen molar-refractivity contribution in [3.05, 3.63) is 29.8 Å². The number of rotatable bonds is 4. The number of aryl methyl sites for hydroxylation is 1. The molecule has 1 saturated heterocycles. The fourth-order valence-corrected chi connectivity index (χ4v) is 2.30. The minimum absolute atomic E-state index is 0.182. The second-order valence-electron chi connectivity index (χ2n) is 5.04. The van der Waals surface area contributed by atoms with Gasteiger partial charge in [-0.15, -0.1) is 0 Å². The standard InChI is InChI=1S/C14H22N2O/c1-3-12-4-6-13(7-5-12)16(2)10-14(15)8-9-17-11-14/h4-7H,3,8-11,15H2,1-2H3. The molecular weight excluding hydrogens is 212 g/mol. The zero-order valence-corrected chi connectivity index (χ0v) is 10.8. The molecule has 0 aliphatic carbocycles. The predicted molar refractivity (Wildman–Crippen MR) is 71.4 cm³/mol. The SMILES string of the molecule is CCc1ccc(N(C)CC2(N)CCOC2)cc1. The van der Waals surface area contributed by atoms with Crippen LogP contribution in [0.3, 0.4) is 0 Å². The third kappa shape index (κ3) is 2.99. The summed E-state index contributed by atoms with van der Waals surface area (Å²) in [5, 5.41) is 0.